The first-order valence-corrected chi connectivity index (χ1v) is 7.75. The van der Waals surface area contributed by atoms with Crippen molar-refractivity contribution in [2.45, 2.75) is 6.92 Å². The number of nitrogens with zero attached hydrogens (tertiary/aromatic N) is 5. The molecule has 0 aliphatic carbocycles. The van der Waals surface area contributed by atoms with Crippen molar-refractivity contribution >= 4 is 23.2 Å². The predicted molar refractivity (Wildman–Crippen MR) is 90.9 cm³/mol. The number of hydrogen-bond acceptors (Lipinski definition) is 6. The van der Waals surface area contributed by atoms with Crippen molar-refractivity contribution in [1.29, 1.82) is 5.26 Å². The maximum atomic E-state index is 11.4. The highest BCUT2D eigenvalue weighted by molar-refractivity contribution is 5.73. The summed E-state index contributed by atoms with van der Waals surface area (Å²) in [7, 11) is 0. The minimum Gasteiger partial charge on any atom is -0.353 e. The van der Waals surface area contributed by atoms with Crippen LogP contribution in [0.25, 0.3) is 0 Å². The summed E-state index contributed by atoms with van der Waals surface area (Å²) < 4.78 is 0. The Morgan fingerprint density at radius 2 is 2.00 bits per heavy atom. The molecule has 24 heavy (non-hydrogen) atoms. The maximum absolute atomic E-state index is 11.4. The average molecular weight is 322 g/mol. The van der Waals surface area contributed by atoms with Crippen molar-refractivity contribution in [2.75, 3.05) is 36.4 Å². The molecule has 0 radical (unpaired) electrons. The molecule has 1 aliphatic rings. The Morgan fingerprint density at radius 3 is 2.71 bits per heavy atom. The lowest BCUT2D eigenvalue weighted by Crippen LogP contribution is -2.48. The molecule has 0 bridgehead atoms. The summed E-state index contributed by atoms with van der Waals surface area (Å²) in [5.74, 6) is 1.60. The predicted octanol–water partition coefficient (Wildman–Crippen LogP) is 1.76. The van der Waals surface area contributed by atoms with Gasteiger partial charge >= 0.3 is 0 Å². The zero-order valence-corrected chi connectivity index (χ0v) is 13.4. The van der Waals surface area contributed by atoms with E-state index in [2.05, 4.69) is 26.3 Å². The fourth-order valence-corrected chi connectivity index (χ4v) is 2.65. The van der Waals surface area contributed by atoms with Crippen molar-refractivity contribution in [2.24, 2.45) is 0 Å². The van der Waals surface area contributed by atoms with Gasteiger partial charge in [-0.25, -0.2) is 9.97 Å². The van der Waals surface area contributed by atoms with Gasteiger partial charge in [0.25, 0.3) is 0 Å². The molecule has 0 unspecified atom stereocenters. The molecule has 1 aromatic heterocycles. The average Bonchev–Trinajstić information content (AvgIpc) is 2.62. The Bertz CT molecular complexity index is 777. The third kappa shape index (κ3) is 3.60. The number of carbonyl (C=O) groups is 1. The summed E-state index contributed by atoms with van der Waals surface area (Å²) in [4.78, 5) is 23.9. The Kier molecular flexibility index (Phi) is 4.57. The third-order valence-corrected chi connectivity index (χ3v) is 3.97. The fourth-order valence-electron chi connectivity index (χ4n) is 2.65. The van der Waals surface area contributed by atoms with Crippen LogP contribution in [-0.2, 0) is 4.79 Å². The van der Waals surface area contributed by atoms with Crippen LogP contribution in [-0.4, -0.2) is 47.0 Å². The Labute approximate surface area is 140 Å². The van der Waals surface area contributed by atoms with Crippen molar-refractivity contribution in [3.8, 4) is 6.07 Å². The number of nitrogens with one attached hydrogen (secondary N) is 1. The van der Waals surface area contributed by atoms with Gasteiger partial charge < -0.3 is 15.1 Å². The molecule has 2 aromatic rings. The van der Waals surface area contributed by atoms with E-state index in [9.17, 15) is 4.79 Å². The summed E-state index contributed by atoms with van der Waals surface area (Å²) in [5.41, 5.74) is 1.40. The molecule has 1 N–H and O–H groups in total. The van der Waals surface area contributed by atoms with Crippen LogP contribution in [0, 0.1) is 11.3 Å². The lowest BCUT2D eigenvalue weighted by atomic mass is 10.2. The Morgan fingerprint density at radius 1 is 1.21 bits per heavy atom. The monoisotopic (exact) mass is 322 g/mol. The van der Waals surface area contributed by atoms with Crippen molar-refractivity contribution < 1.29 is 4.79 Å². The van der Waals surface area contributed by atoms with Gasteiger partial charge in [0, 0.05) is 44.9 Å². The van der Waals surface area contributed by atoms with Crippen LogP contribution in [0.3, 0.4) is 0 Å². The van der Waals surface area contributed by atoms with E-state index in [1.807, 2.05) is 23.1 Å². The highest BCUT2D eigenvalue weighted by Crippen LogP contribution is 2.20. The highest BCUT2D eigenvalue weighted by Gasteiger charge is 2.19. The fraction of sp³-hybridized carbons (Fsp3) is 0.294. The number of benzene rings is 1. The summed E-state index contributed by atoms with van der Waals surface area (Å²) >= 11 is 0. The molecule has 122 valence electrons. The molecular formula is C17H18N6O. The van der Waals surface area contributed by atoms with Crippen LogP contribution >= 0.6 is 0 Å². The first-order chi connectivity index (χ1) is 11.7. The minimum atomic E-state index is 0.108. The van der Waals surface area contributed by atoms with Crippen LogP contribution in [0.1, 0.15) is 12.5 Å². The molecule has 1 fully saturated rings. The molecule has 2 heterocycles. The number of hydrogen-bond donors (Lipinski definition) is 1. The van der Waals surface area contributed by atoms with E-state index in [-0.39, 0.29) is 5.91 Å². The zero-order valence-electron chi connectivity index (χ0n) is 13.4. The smallest absolute Gasteiger partial charge is 0.219 e. The number of amides is 1. The molecule has 3 rings (SSSR count). The van der Waals surface area contributed by atoms with Gasteiger partial charge in [-0.05, 0) is 18.2 Å². The van der Waals surface area contributed by atoms with Crippen LogP contribution in [0.5, 0.6) is 0 Å². The molecule has 1 aliphatic heterocycles. The molecule has 1 aromatic carbocycles. The number of carbonyl (C=O) groups excluding carboxylic acids is 1. The number of anilines is 3. The highest BCUT2D eigenvalue weighted by atomic mass is 16.2. The normalized spacial score (nSPS) is 14.2. The van der Waals surface area contributed by atoms with Gasteiger partial charge in [-0.15, -0.1) is 0 Å². The van der Waals surface area contributed by atoms with E-state index in [1.165, 1.54) is 6.33 Å². The number of piperazine rings is 1. The van der Waals surface area contributed by atoms with Gasteiger partial charge in [-0.3, -0.25) is 4.79 Å². The molecular weight excluding hydrogens is 304 g/mol. The van der Waals surface area contributed by atoms with Crippen molar-refractivity contribution in [3.63, 3.8) is 0 Å². The molecule has 0 saturated carbocycles. The quantitative estimate of drug-likeness (QED) is 0.927. The molecule has 0 spiro atoms. The summed E-state index contributed by atoms with van der Waals surface area (Å²) in [6.45, 7) is 4.50. The largest absolute Gasteiger partial charge is 0.353 e. The van der Waals surface area contributed by atoms with Gasteiger partial charge in [0.05, 0.1) is 11.6 Å². The first-order valence-electron chi connectivity index (χ1n) is 7.75. The van der Waals surface area contributed by atoms with Gasteiger partial charge in [0.15, 0.2) is 0 Å². The SMILES string of the molecule is CC(=O)N1CCN(c2cc(Nc3cccc(C#N)c3)ncn2)CC1. The first kappa shape index (κ1) is 15.7. The second-order valence-corrected chi connectivity index (χ2v) is 5.57. The minimum absolute atomic E-state index is 0.108. The topological polar surface area (TPSA) is 85.2 Å². The van der Waals surface area contributed by atoms with Crippen molar-refractivity contribution in [3.05, 3.63) is 42.2 Å². The van der Waals surface area contributed by atoms with Gasteiger partial charge in [-0.2, -0.15) is 5.26 Å². The zero-order chi connectivity index (χ0) is 16.9. The second-order valence-electron chi connectivity index (χ2n) is 5.57. The van der Waals surface area contributed by atoms with Gasteiger partial charge in [0.2, 0.25) is 5.91 Å². The van der Waals surface area contributed by atoms with Crippen LogP contribution in [0.15, 0.2) is 36.7 Å². The maximum Gasteiger partial charge on any atom is 0.219 e. The van der Waals surface area contributed by atoms with Gasteiger partial charge in [-0.1, -0.05) is 6.07 Å². The Hall–Kier alpha value is -3.14. The standard InChI is InChI=1S/C17H18N6O/c1-13(24)22-5-7-23(8-6-22)17-10-16(19-12-20-17)21-15-4-2-3-14(9-15)11-18/h2-4,9-10,12H,5-8H2,1H3,(H,19,20,21). The van der Waals surface area contributed by atoms with E-state index in [0.29, 0.717) is 24.5 Å². The van der Waals surface area contributed by atoms with E-state index >= 15 is 0 Å². The molecule has 1 amide bonds. The lowest BCUT2D eigenvalue weighted by Gasteiger charge is -2.34. The van der Waals surface area contributed by atoms with Gasteiger partial charge in [0.1, 0.15) is 18.0 Å². The lowest BCUT2D eigenvalue weighted by molar-refractivity contribution is -0.129. The van der Waals surface area contributed by atoms with E-state index in [1.54, 1.807) is 19.1 Å². The van der Waals surface area contributed by atoms with Crippen molar-refractivity contribution in [1.82, 2.24) is 14.9 Å². The van der Waals surface area contributed by atoms with E-state index in [0.717, 1.165) is 24.6 Å². The van der Waals surface area contributed by atoms with Crippen LogP contribution in [0.2, 0.25) is 0 Å². The summed E-state index contributed by atoms with van der Waals surface area (Å²) in [5, 5.41) is 12.2. The number of aromatic nitrogens is 2. The Balaban J connectivity index is 1.70. The summed E-state index contributed by atoms with van der Waals surface area (Å²) in [6.07, 6.45) is 1.52. The third-order valence-electron chi connectivity index (χ3n) is 3.97. The molecule has 7 nitrogen and oxygen atoms in total. The van der Waals surface area contributed by atoms with E-state index in [4.69, 9.17) is 5.26 Å². The number of nitriles is 1. The van der Waals surface area contributed by atoms with E-state index < -0.39 is 0 Å². The molecule has 1 saturated heterocycles. The second kappa shape index (κ2) is 6.96. The number of rotatable bonds is 3. The van der Waals surface area contributed by atoms with Crippen LogP contribution in [0.4, 0.5) is 17.3 Å². The molecule has 7 heteroatoms. The molecule has 0 atom stereocenters. The van der Waals surface area contributed by atoms with Crippen LogP contribution < -0.4 is 10.2 Å². The summed E-state index contributed by atoms with van der Waals surface area (Å²) in [6, 6.07) is 11.2.